The number of hydrogen-bond acceptors (Lipinski definition) is 5. The molecule has 0 aliphatic carbocycles. The SMILES string of the molecule is COC(=O)c1cc(CN2CCNCC2C)oc1C.Cl. The number of nitrogens with one attached hydrogen (secondary N) is 1. The number of carbonyl (C=O) groups is 1. The van der Waals surface area contributed by atoms with E-state index in [2.05, 4.69) is 17.1 Å². The molecule has 1 fully saturated rings. The first-order valence-electron chi connectivity index (χ1n) is 6.24. The van der Waals surface area contributed by atoms with E-state index in [9.17, 15) is 4.79 Å². The van der Waals surface area contributed by atoms with Gasteiger partial charge >= 0.3 is 5.97 Å². The summed E-state index contributed by atoms with van der Waals surface area (Å²) < 4.78 is 10.3. The van der Waals surface area contributed by atoms with Crippen LogP contribution in [0, 0.1) is 6.92 Å². The van der Waals surface area contributed by atoms with Crippen molar-refractivity contribution in [3.8, 4) is 0 Å². The van der Waals surface area contributed by atoms with Crippen LogP contribution in [0.1, 0.15) is 28.8 Å². The summed E-state index contributed by atoms with van der Waals surface area (Å²) in [7, 11) is 1.38. The number of esters is 1. The van der Waals surface area contributed by atoms with Gasteiger partial charge in [-0.15, -0.1) is 12.4 Å². The average molecular weight is 289 g/mol. The smallest absolute Gasteiger partial charge is 0.341 e. The Hall–Kier alpha value is -1.04. The molecule has 5 nitrogen and oxygen atoms in total. The molecule has 0 aromatic carbocycles. The lowest BCUT2D eigenvalue weighted by Crippen LogP contribution is -2.49. The lowest BCUT2D eigenvalue weighted by molar-refractivity contribution is 0.0599. The Balaban J connectivity index is 0.00000180. The minimum atomic E-state index is -0.337. The van der Waals surface area contributed by atoms with E-state index in [1.165, 1.54) is 7.11 Å². The van der Waals surface area contributed by atoms with E-state index in [4.69, 9.17) is 9.15 Å². The molecular formula is C13H21ClN2O3. The standard InChI is InChI=1S/C13H20N2O3.ClH/c1-9-7-14-4-5-15(9)8-11-6-12(10(2)18-11)13(16)17-3;/h6,9,14H,4-5,7-8H2,1-3H3;1H. The van der Waals surface area contributed by atoms with Gasteiger partial charge < -0.3 is 14.5 Å². The van der Waals surface area contributed by atoms with E-state index < -0.39 is 0 Å². The fraction of sp³-hybridized carbons (Fsp3) is 0.615. The summed E-state index contributed by atoms with van der Waals surface area (Å²) in [5, 5.41) is 3.35. The Kier molecular flexibility index (Phi) is 5.85. The van der Waals surface area contributed by atoms with Crippen LogP contribution in [0.25, 0.3) is 0 Å². The van der Waals surface area contributed by atoms with Gasteiger partial charge in [0.15, 0.2) is 0 Å². The van der Waals surface area contributed by atoms with Gasteiger partial charge in [0.2, 0.25) is 0 Å². The second-order valence-corrected chi connectivity index (χ2v) is 4.70. The molecule has 0 bridgehead atoms. The van der Waals surface area contributed by atoms with Crippen LogP contribution in [0.4, 0.5) is 0 Å². The highest BCUT2D eigenvalue weighted by Gasteiger charge is 2.21. The van der Waals surface area contributed by atoms with E-state index in [1.54, 1.807) is 13.0 Å². The molecule has 1 aromatic rings. The fourth-order valence-corrected chi connectivity index (χ4v) is 2.25. The van der Waals surface area contributed by atoms with Crippen LogP contribution in [-0.2, 0) is 11.3 Å². The predicted molar refractivity (Wildman–Crippen MR) is 74.8 cm³/mol. The van der Waals surface area contributed by atoms with E-state index in [1.807, 2.05) is 0 Å². The van der Waals surface area contributed by atoms with Crippen molar-refractivity contribution < 1.29 is 13.9 Å². The van der Waals surface area contributed by atoms with E-state index in [-0.39, 0.29) is 18.4 Å². The number of ether oxygens (including phenoxy) is 1. The highest BCUT2D eigenvalue weighted by atomic mass is 35.5. The van der Waals surface area contributed by atoms with Crippen LogP contribution in [0.3, 0.4) is 0 Å². The molecule has 1 unspecified atom stereocenters. The Morgan fingerprint density at radius 1 is 1.63 bits per heavy atom. The number of carbonyl (C=O) groups excluding carboxylic acids is 1. The monoisotopic (exact) mass is 288 g/mol. The molecule has 0 saturated carbocycles. The third kappa shape index (κ3) is 3.72. The van der Waals surface area contributed by atoms with Crippen molar-refractivity contribution >= 4 is 18.4 Å². The molecule has 1 aromatic heterocycles. The summed E-state index contributed by atoms with van der Waals surface area (Å²) in [6.07, 6.45) is 0. The third-order valence-corrected chi connectivity index (χ3v) is 3.37. The average Bonchev–Trinajstić information content (AvgIpc) is 2.72. The summed E-state index contributed by atoms with van der Waals surface area (Å²) in [6, 6.07) is 2.27. The first-order valence-corrected chi connectivity index (χ1v) is 6.24. The lowest BCUT2D eigenvalue weighted by Gasteiger charge is -2.33. The van der Waals surface area contributed by atoms with Crippen molar-refractivity contribution in [1.29, 1.82) is 0 Å². The van der Waals surface area contributed by atoms with Crippen LogP contribution in [0.15, 0.2) is 10.5 Å². The first kappa shape index (κ1) is 16.0. The van der Waals surface area contributed by atoms with Gasteiger partial charge in [-0.25, -0.2) is 4.79 Å². The van der Waals surface area contributed by atoms with Gasteiger partial charge in [0.05, 0.1) is 13.7 Å². The molecule has 1 aliphatic heterocycles. The van der Waals surface area contributed by atoms with E-state index >= 15 is 0 Å². The van der Waals surface area contributed by atoms with Crippen molar-refractivity contribution in [3.63, 3.8) is 0 Å². The van der Waals surface area contributed by atoms with Gasteiger partial charge in [-0.2, -0.15) is 0 Å². The number of aryl methyl sites for hydroxylation is 1. The van der Waals surface area contributed by atoms with Crippen LogP contribution in [0.2, 0.25) is 0 Å². The summed E-state index contributed by atoms with van der Waals surface area (Å²) in [6.45, 7) is 7.69. The first-order chi connectivity index (χ1) is 8.61. The number of furan rings is 1. The number of halogens is 1. The van der Waals surface area contributed by atoms with Crippen molar-refractivity contribution in [2.24, 2.45) is 0 Å². The van der Waals surface area contributed by atoms with Gasteiger partial charge in [-0.3, -0.25) is 4.90 Å². The van der Waals surface area contributed by atoms with Crippen molar-refractivity contribution in [1.82, 2.24) is 10.2 Å². The molecule has 1 aliphatic rings. The van der Waals surface area contributed by atoms with Crippen LogP contribution < -0.4 is 5.32 Å². The second kappa shape index (κ2) is 6.93. The molecule has 0 radical (unpaired) electrons. The summed E-state index contributed by atoms with van der Waals surface area (Å²) in [4.78, 5) is 13.8. The number of rotatable bonds is 3. The molecule has 0 spiro atoms. The van der Waals surface area contributed by atoms with Crippen molar-refractivity contribution in [3.05, 3.63) is 23.2 Å². The third-order valence-electron chi connectivity index (χ3n) is 3.37. The van der Waals surface area contributed by atoms with Gasteiger partial charge in [0.1, 0.15) is 17.1 Å². The Labute approximate surface area is 119 Å². The highest BCUT2D eigenvalue weighted by molar-refractivity contribution is 5.90. The maximum Gasteiger partial charge on any atom is 0.341 e. The Morgan fingerprint density at radius 3 is 3.00 bits per heavy atom. The summed E-state index contributed by atoms with van der Waals surface area (Å²) in [5.41, 5.74) is 0.523. The summed E-state index contributed by atoms with van der Waals surface area (Å²) in [5.74, 6) is 1.11. The number of hydrogen-bond donors (Lipinski definition) is 1. The van der Waals surface area contributed by atoms with Crippen molar-refractivity contribution in [2.45, 2.75) is 26.4 Å². The van der Waals surface area contributed by atoms with E-state index in [0.29, 0.717) is 17.4 Å². The van der Waals surface area contributed by atoms with Crippen molar-refractivity contribution in [2.75, 3.05) is 26.7 Å². The van der Waals surface area contributed by atoms with Crippen LogP contribution in [0.5, 0.6) is 0 Å². The van der Waals surface area contributed by atoms with Crippen LogP contribution >= 0.6 is 12.4 Å². The number of methoxy groups -OCH3 is 1. The molecule has 2 rings (SSSR count). The quantitative estimate of drug-likeness (QED) is 0.856. The maximum atomic E-state index is 11.5. The molecule has 108 valence electrons. The molecule has 1 atom stereocenters. The number of piperazine rings is 1. The van der Waals surface area contributed by atoms with E-state index in [0.717, 1.165) is 31.9 Å². The number of nitrogens with zero attached hydrogens (tertiary/aromatic N) is 1. The zero-order valence-corrected chi connectivity index (χ0v) is 12.4. The predicted octanol–water partition coefficient (Wildman–Crippen LogP) is 1.59. The molecule has 19 heavy (non-hydrogen) atoms. The normalized spacial score (nSPS) is 19.8. The lowest BCUT2D eigenvalue weighted by atomic mass is 10.2. The minimum absolute atomic E-state index is 0. The maximum absolute atomic E-state index is 11.5. The summed E-state index contributed by atoms with van der Waals surface area (Å²) >= 11 is 0. The minimum Gasteiger partial charge on any atom is -0.465 e. The topological polar surface area (TPSA) is 54.7 Å². The zero-order valence-electron chi connectivity index (χ0n) is 11.6. The molecule has 6 heteroatoms. The van der Waals surface area contributed by atoms with Gasteiger partial charge in [-0.1, -0.05) is 0 Å². The second-order valence-electron chi connectivity index (χ2n) is 4.70. The largest absolute Gasteiger partial charge is 0.465 e. The highest BCUT2D eigenvalue weighted by Crippen LogP contribution is 2.18. The van der Waals surface area contributed by atoms with Gasteiger partial charge in [0, 0.05) is 25.7 Å². The van der Waals surface area contributed by atoms with Crippen LogP contribution in [-0.4, -0.2) is 43.7 Å². The molecule has 1 N–H and O–H groups in total. The zero-order chi connectivity index (χ0) is 13.1. The molecule has 2 heterocycles. The van der Waals surface area contributed by atoms with Gasteiger partial charge in [-0.05, 0) is 19.9 Å². The Bertz CT molecular complexity index is 434. The molecule has 0 amide bonds. The fourth-order valence-electron chi connectivity index (χ4n) is 2.25. The Morgan fingerprint density at radius 2 is 2.37 bits per heavy atom. The van der Waals surface area contributed by atoms with Gasteiger partial charge in [0.25, 0.3) is 0 Å². The molecule has 1 saturated heterocycles. The molecular weight excluding hydrogens is 268 g/mol.